The first-order chi connectivity index (χ1) is 14.2. The fourth-order valence-electron chi connectivity index (χ4n) is 3.20. The van der Waals surface area contributed by atoms with E-state index in [0.717, 1.165) is 0 Å². The first-order valence-electron chi connectivity index (χ1n) is 10.1. The predicted octanol–water partition coefficient (Wildman–Crippen LogP) is 1.24. The van der Waals surface area contributed by atoms with Gasteiger partial charge in [-0.25, -0.2) is 8.42 Å². The van der Waals surface area contributed by atoms with Crippen LogP contribution in [0.1, 0.15) is 38.1 Å². The average Bonchev–Trinajstić information content (AvgIpc) is 2.72. The van der Waals surface area contributed by atoms with Gasteiger partial charge in [-0.1, -0.05) is 13.8 Å². The molecule has 0 saturated carbocycles. The van der Waals surface area contributed by atoms with Gasteiger partial charge in [0.05, 0.1) is 29.8 Å². The highest BCUT2D eigenvalue weighted by Crippen LogP contribution is 2.27. The highest BCUT2D eigenvalue weighted by Gasteiger charge is 2.26. The van der Waals surface area contributed by atoms with Crippen LogP contribution in [0.5, 0.6) is 0 Å². The molecule has 1 aromatic carbocycles. The van der Waals surface area contributed by atoms with Crippen molar-refractivity contribution >= 4 is 27.6 Å². The third-order valence-corrected chi connectivity index (χ3v) is 6.71. The fourth-order valence-corrected chi connectivity index (χ4v) is 4.69. The van der Waals surface area contributed by atoms with Crippen LogP contribution in [0.25, 0.3) is 0 Å². The summed E-state index contributed by atoms with van der Waals surface area (Å²) in [4.78, 5) is 26.7. The normalized spacial score (nSPS) is 14.8. The molecule has 2 rings (SSSR count). The molecule has 9 nitrogen and oxygen atoms in total. The maximum Gasteiger partial charge on any atom is 0.325 e. The second kappa shape index (κ2) is 10.7. The SMILES string of the molecule is CCN(CC)S(=O)(=O)c1ccc(N2CCOCC2)c(C(=O)NCC(=O)OC(C)C)c1. The summed E-state index contributed by atoms with van der Waals surface area (Å²) in [5, 5.41) is 2.54. The van der Waals surface area contributed by atoms with Crippen molar-refractivity contribution < 1.29 is 27.5 Å². The van der Waals surface area contributed by atoms with Crippen LogP contribution in [0.15, 0.2) is 23.1 Å². The van der Waals surface area contributed by atoms with Gasteiger partial charge in [-0.2, -0.15) is 4.31 Å². The number of benzene rings is 1. The molecule has 1 aromatic rings. The molecule has 0 bridgehead atoms. The van der Waals surface area contributed by atoms with E-state index in [4.69, 9.17) is 9.47 Å². The number of morpholine rings is 1. The largest absolute Gasteiger partial charge is 0.462 e. The van der Waals surface area contributed by atoms with Crippen molar-refractivity contribution in [2.75, 3.05) is 50.8 Å². The Morgan fingerprint density at radius 3 is 2.40 bits per heavy atom. The molecule has 168 valence electrons. The number of amides is 1. The Morgan fingerprint density at radius 1 is 1.20 bits per heavy atom. The number of esters is 1. The monoisotopic (exact) mass is 441 g/mol. The molecule has 0 atom stereocenters. The van der Waals surface area contributed by atoms with Gasteiger partial charge >= 0.3 is 5.97 Å². The summed E-state index contributed by atoms with van der Waals surface area (Å²) in [6.07, 6.45) is -0.291. The van der Waals surface area contributed by atoms with E-state index < -0.39 is 21.9 Å². The quantitative estimate of drug-likeness (QED) is 0.575. The molecule has 0 aliphatic carbocycles. The average molecular weight is 442 g/mol. The first-order valence-corrected chi connectivity index (χ1v) is 11.6. The predicted molar refractivity (Wildman–Crippen MR) is 113 cm³/mol. The number of nitrogens with one attached hydrogen (secondary N) is 1. The van der Waals surface area contributed by atoms with Gasteiger partial charge < -0.3 is 19.7 Å². The molecule has 1 heterocycles. The number of nitrogens with zero attached hydrogens (tertiary/aromatic N) is 2. The number of carbonyl (C=O) groups is 2. The van der Waals surface area contributed by atoms with Crippen LogP contribution in [0.2, 0.25) is 0 Å². The number of hydrogen-bond acceptors (Lipinski definition) is 7. The number of hydrogen-bond donors (Lipinski definition) is 1. The minimum Gasteiger partial charge on any atom is -0.462 e. The molecule has 1 N–H and O–H groups in total. The van der Waals surface area contributed by atoms with E-state index in [1.165, 1.54) is 16.4 Å². The molecule has 1 fully saturated rings. The van der Waals surface area contributed by atoms with Gasteiger partial charge in [0.2, 0.25) is 10.0 Å². The molecule has 1 amide bonds. The van der Waals surface area contributed by atoms with Crippen molar-refractivity contribution in [1.29, 1.82) is 0 Å². The zero-order chi connectivity index (χ0) is 22.3. The summed E-state index contributed by atoms with van der Waals surface area (Å²) in [6, 6.07) is 4.53. The van der Waals surface area contributed by atoms with Gasteiger partial charge in [-0.05, 0) is 32.0 Å². The second-order valence-corrected chi connectivity index (χ2v) is 9.03. The Kier molecular flexibility index (Phi) is 8.63. The minimum absolute atomic E-state index is 0.0399. The van der Waals surface area contributed by atoms with Crippen molar-refractivity contribution in [1.82, 2.24) is 9.62 Å². The molecule has 0 aromatic heterocycles. The van der Waals surface area contributed by atoms with Gasteiger partial charge in [0.25, 0.3) is 5.91 Å². The van der Waals surface area contributed by atoms with Crippen LogP contribution >= 0.6 is 0 Å². The number of rotatable bonds is 9. The summed E-state index contributed by atoms with van der Waals surface area (Å²) in [5.74, 6) is -1.09. The van der Waals surface area contributed by atoms with Crippen molar-refractivity contribution in [3.05, 3.63) is 23.8 Å². The molecule has 1 aliphatic heterocycles. The summed E-state index contributed by atoms with van der Waals surface area (Å²) in [7, 11) is -3.73. The highest BCUT2D eigenvalue weighted by atomic mass is 32.2. The van der Waals surface area contributed by atoms with E-state index in [2.05, 4.69) is 5.32 Å². The number of sulfonamides is 1. The smallest absolute Gasteiger partial charge is 0.325 e. The molecular weight excluding hydrogens is 410 g/mol. The van der Waals surface area contributed by atoms with E-state index in [1.54, 1.807) is 33.8 Å². The zero-order valence-electron chi connectivity index (χ0n) is 18.0. The zero-order valence-corrected chi connectivity index (χ0v) is 18.8. The fraction of sp³-hybridized carbons (Fsp3) is 0.600. The molecule has 0 radical (unpaired) electrons. The molecule has 1 aliphatic rings. The highest BCUT2D eigenvalue weighted by molar-refractivity contribution is 7.89. The molecule has 0 unspecified atom stereocenters. The van der Waals surface area contributed by atoms with Gasteiger partial charge in [-0.15, -0.1) is 0 Å². The van der Waals surface area contributed by atoms with Crippen molar-refractivity contribution in [2.45, 2.75) is 38.7 Å². The van der Waals surface area contributed by atoms with Crippen LogP contribution in [-0.2, 0) is 24.3 Å². The lowest BCUT2D eigenvalue weighted by Crippen LogP contribution is -2.39. The van der Waals surface area contributed by atoms with Gasteiger partial charge in [0.15, 0.2) is 0 Å². The third kappa shape index (κ3) is 5.93. The lowest BCUT2D eigenvalue weighted by molar-refractivity contribution is -0.146. The van der Waals surface area contributed by atoms with Crippen molar-refractivity contribution in [3.63, 3.8) is 0 Å². The molecule has 30 heavy (non-hydrogen) atoms. The summed E-state index contributed by atoms with van der Waals surface area (Å²) < 4.78 is 37.6. The number of carbonyl (C=O) groups excluding carboxylic acids is 2. The van der Waals surface area contributed by atoms with E-state index in [1.807, 2.05) is 4.90 Å². The lowest BCUT2D eigenvalue weighted by Gasteiger charge is -2.30. The Hall–Kier alpha value is -2.17. The van der Waals surface area contributed by atoms with Crippen molar-refractivity contribution in [3.8, 4) is 0 Å². The van der Waals surface area contributed by atoms with Crippen LogP contribution in [0, 0.1) is 0 Å². The van der Waals surface area contributed by atoms with E-state index in [0.29, 0.717) is 45.1 Å². The summed E-state index contributed by atoms with van der Waals surface area (Å²) in [5.41, 5.74) is 0.800. The third-order valence-electron chi connectivity index (χ3n) is 4.67. The maximum absolute atomic E-state index is 12.9. The number of ether oxygens (including phenoxy) is 2. The summed E-state index contributed by atoms with van der Waals surface area (Å²) >= 11 is 0. The standard InChI is InChI=1S/C20H31N3O6S/c1-5-23(6-2)30(26,27)16-7-8-18(22-9-11-28-12-10-22)17(13-16)20(25)21-14-19(24)29-15(3)4/h7-8,13,15H,5-6,9-12,14H2,1-4H3,(H,21,25). The molecule has 10 heteroatoms. The lowest BCUT2D eigenvalue weighted by atomic mass is 10.1. The topological polar surface area (TPSA) is 105 Å². The van der Waals surface area contributed by atoms with Crippen LogP contribution in [0.3, 0.4) is 0 Å². The van der Waals surface area contributed by atoms with Gasteiger partial charge in [-0.3, -0.25) is 9.59 Å². The van der Waals surface area contributed by atoms with Crippen LogP contribution in [-0.4, -0.2) is 76.6 Å². The molecular formula is C20H31N3O6S. The summed E-state index contributed by atoms with van der Waals surface area (Å²) in [6.45, 7) is 9.51. The molecule has 0 spiro atoms. The first kappa shape index (κ1) is 24.1. The molecule has 1 saturated heterocycles. The Balaban J connectivity index is 2.37. The van der Waals surface area contributed by atoms with E-state index in [9.17, 15) is 18.0 Å². The van der Waals surface area contributed by atoms with Crippen LogP contribution < -0.4 is 10.2 Å². The Bertz CT molecular complexity index is 846. The Labute approximate surface area is 178 Å². The second-order valence-electron chi connectivity index (χ2n) is 7.09. The van der Waals surface area contributed by atoms with Crippen LogP contribution in [0.4, 0.5) is 5.69 Å². The van der Waals surface area contributed by atoms with E-state index >= 15 is 0 Å². The van der Waals surface area contributed by atoms with Crippen molar-refractivity contribution in [2.24, 2.45) is 0 Å². The minimum atomic E-state index is -3.73. The Morgan fingerprint density at radius 2 is 1.83 bits per heavy atom. The van der Waals surface area contributed by atoms with Gasteiger partial charge in [0.1, 0.15) is 6.54 Å². The van der Waals surface area contributed by atoms with Gasteiger partial charge in [0, 0.05) is 31.9 Å². The number of anilines is 1. The maximum atomic E-state index is 12.9. The van der Waals surface area contributed by atoms with E-state index in [-0.39, 0.29) is 23.1 Å².